The van der Waals surface area contributed by atoms with E-state index in [1.54, 1.807) is 17.2 Å². The van der Waals surface area contributed by atoms with E-state index in [1.165, 1.54) is 11.3 Å². The Kier molecular flexibility index (Phi) is 4.93. The van der Waals surface area contributed by atoms with Crippen LogP contribution >= 0.6 is 11.3 Å². The van der Waals surface area contributed by atoms with E-state index in [9.17, 15) is 9.59 Å². The molecule has 1 atom stereocenters. The van der Waals surface area contributed by atoms with Crippen molar-refractivity contribution >= 4 is 33.4 Å². The lowest BCUT2D eigenvalue weighted by molar-refractivity contribution is -0.125. The number of carbonyl (C=O) groups excluding carboxylic acids is 2. The Labute approximate surface area is 167 Å². The number of furan rings is 1. The predicted molar refractivity (Wildman–Crippen MR) is 108 cm³/mol. The summed E-state index contributed by atoms with van der Waals surface area (Å²) in [6.07, 6.45) is 3.08. The van der Waals surface area contributed by atoms with E-state index in [-0.39, 0.29) is 11.8 Å². The van der Waals surface area contributed by atoms with Gasteiger partial charge < -0.3 is 14.6 Å². The normalized spacial score (nSPS) is 16.7. The second-order valence-corrected chi connectivity index (χ2v) is 8.27. The molecule has 1 N–H and O–H groups in total. The number of nitrogens with zero attached hydrogens (tertiary/aromatic N) is 2. The van der Waals surface area contributed by atoms with Crippen molar-refractivity contribution in [3.05, 3.63) is 51.9 Å². The van der Waals surface area contributed by atoms with E-state index in [0.717, 1.165) is 33.5 Å². The molecule has 146 valence electrons. The number of pyridine rings is 1. The van der Waals surface area contributed by atoms with Crippen molar-refractivity contribution in [3.8, 4) is 0 Å². The first-order valence-corrected chi connectivity index (χ1v) is 10.3. The van der Waals surface area contributed by atoms with Crippen LogP contribution in [-0.2, 0) is 11.3 Å². The van der Waals surface area contributed by atoms with Gasteiger partial charge in [0.15, 0.2) is 0 Å². The number of aromatic nitrogens is 1. The van der Waals surface area contributed by atoms with Crippen molar-refractivity contribution in [2.24, 2.45) is 0 Å². The highest BCUT2D eigenvalue weighted by atomic mass is 32.1. The maximum atomic E-state index is 13.3. The Morgan fingerprint density at radius 2 is 2.18 bits per heavy atom. The summed E-state index contributed by atoms with van der Waals surface area (Å²) < 4.78 is 5.26. The number of thiophene rings is 1. The van der Waals surface area contributed by atoms with E-state index in [1.807, 2.05) is 32.9 Å². The van der Waals surface area contributed by atoms with E-state index in [0.29, 0.717) is 30.1 Å². The summed E-state index contributed by atoms with van der Waals surface area (Å²) in [5.41, 5.74) is 3.03. The van der Waals surface area contributed by atoms with Gasteiger partial charge in [-0.3, -0.25) is 9.59 Å². The molecule has 1 aliphatic rings. The summed E-state index contributed by atoms with van der Waals surface area (Å²) in [7, 11) is 0. The van der Waals surface area contributed by atoms with E-state index >= 15 is 0 Å². The minimum Gasteiger partial charge on any atom is -0.467 e. The van der Waals surface area contributed by atoms with Gasteiger partial charge in [0.1, 0.15) is 16.6 Å². The molecule has 1 aliphatic heterocycles. The van der Waals surface area contributed by atoms with Crippen molar-refractivity contribution in [3.63, 3.8) is 0 Å². The molecule has 0 bridgehead atoms. The number of hydrogen-bond acceptors (Lipinski definition) is 5. The standard InChI is InChI=1S/C21H23N3O3S/c1-12-10-13(2)23-20-17(12)14(3)18(28-20)21(26)24-8-4-7-16(24)19(25)22-11-15-6-5-9-27-15/h5-6,9-10,16H,4,7-8,11H2,1-3H3,(H,22,25)/t16-/m0/s1. The Hall–Kier alpha value is -2.67. The summed E-state index contributed by atoms with van der Waals surface area (Å²) in [6, 6.07) is 5.20. The smallest absolute Gasteiger partial charge is 0.264 e. The second kappa shape index (κ2) is 7.39. The maximum absolute atomic E-state index is 13.3. The minimum absolute atomic E-state index is 0.0757. The molecule has 0 spiro atoms. The molecule has 3 aromatic rings. The van der Waals surface area contributed by atoms with Gasteiger partial charge in [-0.15, -0.1) is 11.3 Å². The monoisotopic (exact) mass is 397 g/mol. The Morgan fingerprint density at radius 3 is 2.93 bits per heavy atom. The number of aryl methyl sites for hydroxylation is 3. The first-order chi connectivity index (χ1) is 13.5. The predicted octanol–water partition coefficient (Wildman–Crippen LogP) is 3.74. The molecule has 4 heterocycles. The molecule has 28 heavy (non-hydrogen) atoms. The number of nitrogens with one attached hydrogen (secondary N) is 1. The molecule has 0 radical (unpaired) electrons. The number of hydrogen-bond donors (Lipinski definition) is 1. The first kappa shape index (κ1) is 18.7. The van der Waals surface area contributed by atoms with E-state index in [2.05, 4.69) is 10.3 Å². The van der Waals surface area contributed by atoms with Crippen molar-refractivity contribution in [1.29, 1.82) is 0 Å². The molecule has 1 fully saturated rings. The van der Waals surface area contributed by atoms with Gasteiger partial charge in [0, 0.05) is 17.6 Å². The molecule has 0 aromatic carbocycles. The molecule has 0 saturated carbocycles. The van der Waals surface area contributed by atoms with Crippen LogP contribution in [0.15, 0.2) is 28.9 Å². The fraction of sp³-hybridized carbons (Fsp3) is 0.381. The van der Waals surface area contributed by atoms with Crippen molar-refractivity contribution in [2.75, 3.05) is 6.54 Å². The van der Waals surface area contributed by atoms with Crippen LogP contribution in [0.25, 0.3) is 10.2 Å². The highest BCUT2D eigenvalue weighted by Gasteiger charge is 2.36. The highest BCUT2D eigenvalue weighted by Crippen LogP contribution is 2.34. The van der Waals surface area contributed by atoms with Crippen LogP contribution in [0, 0.1) is 20.8 Å². The van der Waals surface area contributed by atoms with Crippen LogP contribution in [-0.4, -0.2) is 34.3 Å². The first-order valence-electron chi connectivity index (χ1n) is 9.44. The molecule has 0 aliphatic carbocycles. The molecule has 7 heteroatoms. The zero-order valence-electron chi connectivity index (χ0n) is 16.2. The number of fused-ring (bicyclic) bond motifs is 1. The largest absolute Gasteiger partial charge is 0.467 e. The minimum atomic E-state index is -0.442. The van der Waals surface area contributed by atoms with Gasteiger partial charge >= 0.3 is 0 Å². The number of rotatable bonds is 4. The second-order valence-electron chi connectivity index (χ2n) is 7.27. The summed E-state index contributed by atoms with van der Waals surface area (Å²) in [6.45, 7) is 6.90. The highest BCUT2D eigenvalue weighted by molar-refractivity contribution is 7.20. The van der Waals surface area contributed by atoms with Gasteiger partial charge in [0.25, 0.3) is 5.91 Å². The lowest BCUT2D eigenvalue weighted by Gasteiger charge is -2.23. The van der Waals surface area contributed by atoms with Crippen LogP contribution in [0.3, 0.4) is 0 Å². The summed E-state index contributed by atoms with van der Waals surface area (Å²) in [5.74, 6) is 0.487. The third-order valence-electron chi connectivity index (χ3n) is 5.25. The summed E-state index contributed by atoms with van der Waals surface area (Å²) in [4.78, 5) is 33.8. The van der Waals surface area contributed by atoms with Crippen molar-refractivity contribution in [2.45, 2.75) is 46.2 Å². The zero-order valence-corrected chi connectivity index (χ0v) is 17.1. The third kappa shape index (κ3) is 3.30. The van der Waals surface area contributed by atoms with Crippen LogP contribution in [0.5, 0.6) is 0 Å². The quantitative estimate of drug-likeness (QED) is 0.728. The van der Waals surface area contributed by atoms with E-state index < -0.39 is 6.04 Å². The molecule has 3 aromatic heterocycles. The van der Waals surface area contributed by atoms with Crippen LogP contribution in [0.2, 0.25) is 0 Å². The number of carbonyl (C=O) groups is 2. The molecule has 4 rings (SSSR count). The zero-order chi connectivity index (χ0) is 19.8. The average Bonchev–Trinajstić information content (AvgIpc) is 3.39. The van der Waals surface area contributed by atoms with E-state index in [4.69, 9.17) is 4.42 Å². The van der Waals surface area contributed by atoms with Gasteiger partial charge in [0.2, 0.25) is 5.91 Å². The SMILES string of the molecule is Cc1cc(C)c2c(C)c(C(=O)N3CCC[C@H]3C(=O)NCc3ccco3)sc2n1. The fourth-order valence-electron chi connectivity index (χ4n) is 3.94. The van der Waals surface area contributed by atoms with Gasteiger partial charge in [-0.25, -0.2) is 4.98 Å². The Balaban J connectivity index is 1.56. The lowest BCUT2D eigenvalue weighted by Crippen LogP contribution is -2.45. The van der Waals surface area contributed by atoms with Crippen molar-refractivity contribution < 1.29 is 14.0 Å². The summed E-state index contributed by atoms with van der Waals surface area (Å²) in [5, 5.41) is 3.94. The molecule has 0 unspecified atom stereocenters. The Bertz CT molecular complexity index is 1040. The van der Waals surface area contributed by atoms with Crippen LogP contribution in [0.1, 0.15) is 45.1 Å². The lowest BCUT2D eigenvalue weighted by atomic mass is 10.1. The number of likely N-dealkylation sites (tertiary alicyclic amines) is 1. The van der Waals surface area contributed by atoms with Gasteiger partial charge in [-0.2, -0.15) is 0 Å². The molecule has 6 nitrogen and oxygen atoms in total. The maximum Gasteiger partial charge on any atom is 0.264 e. The van der Waals surface area contributed by atoms with Gasteiger partial charge in [0.05, 0.1) is 17.7 Å². The number of amides is 2. The van der Waals surface area contributed by atoms with Gasteiger partial charge in [-0.1, -0.05) is 0 Å². The third-order valence-corrected chi connectivity index (χ3v) is 6.43. The molecular formula is C21H23N3O3S. The summed E-state index contributed by atoms with van der Waals surface area (Å²) >= 11 is 1.42. The molecule has 1 saturated heterocycles. The average molecular weight is 398 g/mol. The topological polar surface area (TPSA) is 75.4 Å². The van der Waals surface area contributed by atoms with Crippen LogP contribution < -0.4 is 5.32 Å². The van der Waals surface area contributed by atoms with Gasteiger partial charge in [-0.05, 0) is 62.9 Å². The fourth-order valence-corrected chi connectivity index (χ4v) is 5.20. The van der Waals surface area contributed by atoms with Crippen LogP contribution in [0.4, 0.5) is 0 Å². The van der Waals surface area contributed by atoms with Crippen molar-refractivity contribution in [1.82, 2.24) is 15.2 Å². The molecule has 2 amide bonds. The Morgan fingerprint density at radius 1 is 1.36 bits per heavy atom. The molecular weight excluding hydrogens is 374 g/mol.